The van der Waals surface area contributed by atoms with Gasteiger partial charge in [-0.05, 0) is 37.1 Å². The summed E-state index contributed by atoms with van der Waals surface area (Å²) in [6, 6.07) is 18.5. The van der Waals surface area contributed by atoms with Gasteiger partial charge in [0.2, 0.25) is 15.9 Å². The summed E-state index contributed by atoms with van der Waals surface area (Å²) < 4.78 is 54.3. The fourth-order valence-corrected chi connectivity index (χ4v) is 5.24. The zero-order valence-electron chi connectivity index (χ0n) is 19.3. The highest BCUT2D eigenvalue weighted by atomic mass is 32.2. The number of halogens is 1. The highest BCUT2D eigenvalue weighted by Gasteiger charge is 2.31. The van der Waals surface area contributed by atoms with Gasteiger partial charge in [-0.15, -0.1) is 0 Å². The minimum absolute atomic E-state index is 0.108. The Morgan fingerprint density at radius 2 is 1.71 bits per heavy atom. The van der Waals surface area contributed by atoms with Crippen molar-refractivity contribution in [1.29, 1.82) is 0 Å². The highest BCUT2D eigenvalue weighted by Crippen LogP contribution is 2.34. The molecule has 3 aromatic rings. The molecule has 4 rings (SSSR count). The SMILES string of the molecule is CCN(Cc1cccc2c1OCCO2)C(=O)[C@H](Cc1ccccc1)NS(=O)(=O)c1ccccc1F. The smallest absolute Gasteiger partial charge is 0.244 e. The number of rotatable bonds is 9. The van der Waals surface area contributed by atoms with E-state index in [-0.39, 0.29) is 13.0 Å². The van der Waals surface area contributed by atoms with Gasteiger partial charge in [-0.3, -0.25) is 4.79 Å². The summed E-state index contributed by atoms with van der Waals surface area (Å²) in [5.41, 5.74) is 1.53. The van der Waals surface area contributed by atoms with E-state index in [4.69, 9.17) is 9.47 Å². The maximum atomic E-state index is 14.3. The number of hydrogen-bond acceptors (Lipinski definition) is 5. The Balaban J connectivity index is 1.63. The normalized spacial score (nSPS) is 13.8. The number of benzene rings is 3. The topological polar surface area (TPSA) is 84.9 Å². The van der Waals surface area contributed by atoms with Crippen molar-refractivity contribution in [3.05, 3.63) is 89.7 Å². The molecule has 0 spiro atoms. The van der Waals surface area contributed by atoms with Crippen LogP contribution in [0.5, 0.6) is 11.5 Å². The van der Waals surface area contributed by atoms with Gasteiger partial charge in [0.1, 0.15) is 30.0 Å². The average Bonchev–Trinajstić information content (AvgIpc) is 2.87. The number of likely N-dealkylation sites (N-methyl/N-ethyl adjacent to an activating group) is 1. The van der Waals surface area contributed by atoms with Gasteiger partial charge in [0.15, 0.2) is 11.5 Å². The van der Waals surface area contributed by atoms with E-state index in [1.54, 1.807) is 11.0 Å². The first-order chi connectivity index (χ1) is 16.9. The molecule has 3 aromatic carbocycles. The van der Waals surface area contributed by atoms with E-state index < -0.39 is 32.7 Å². The molecule has 0 radical (unpaired) electrons. The molecule has 184 valence electrons. The van der Waals surface area contributed by atoms with Crippen molar-refractivity contribution in [2.24, 2.45) is 0 Å². The second-order valence-electron chi connectivity index (χ2n) is 8.09. The molecule has 0 saturated carbocycles. The summed E-state index contributed by atoms with van der Waals surface area (Å²) in [5.74, 6) is -0.119. The Bertz CT molecular complexity index is 1280. The molecule has 0 aliphatic carbocycles. The molecule has 35 heavy (non-hydrogen) atoms. The lowest BCUT2D eigenvalue weighted by Crippen LogP contribution is -2.49. The van der Waals surface area contributed by atoms with E-state index in [9.17, 15) is 17.6 Å². The minimum Gasteiger partial charge on any atom is -0.486 e. The van der Waals surface area contributed by atoms with E-state index in [0.29, 0.717) is 31.3 Å². The lowest BCUT2D eigenvalue weighted by molar-refractivity contribution is -0.133. The van der Waals surface area contributed by atoms with Crippen molar-refractivity contribution in [1.82, 2.24) is 9.62 Å². The monoisotopic (exact) mass is 498 g/mol. The molecule has 9 heteroatoms. The number of carbonyl (C=O) groups is 1. The van der Waals surface area contributed by atoms with Crippen LogP contribution >= 0.6 is 0 Å². The third-order valence-electron chi connectivity index (χ3n) is 5.71. The lowest BCUT2D eigenvalue weighted by atomic mass is 10.0. The van der Waals surface area contributed by atoms with Crippen molar-refractivity contribution in [3.8, 4) is 11.5 Å². The maximum absolute atomic E-state index is 14.3. The Morgan fingerprint density at radius 1 is 1.00 bits per heavy atom. The minimum atomic E-state index is -4.30. The number of amides is 1. The molecule has 1 N–H and O–H groups in total. The van der Waals surface area contributed by atoms with Gasteiger partial charge in [0.25, 0.3) is 0 Å². The number of para-hydroxylation sites is 1. The molecular weight excluding hydrogens is 471 g/mol. The summed E-state index contributed by atoms with van der Waals surface area (Å²) >= 11 is 0. The second-order valence-corrected chi connectivity index (χ2v) is 9.77. The number of sulfonamides is 1. The van der Waals surface area contributed by atoms with Crippen molar-refractivity contribution in [2.75, 3.05) is 19.8 Å². The van der Waals surface area contributed by atoms with Crippen LogP contribution in [0.15, 0.2) is 77.7 Å². The summed E-state index contributed by atoms with van der Waals surface area (Å²) in [7, 11) is -4.30. The third kappa shape index (κ3) is 5.80. The Morgan fingerprint density at radius 3 is 2.46 bits per heavy atom. The van der Waals surface area contributed by atoms with Crippen LogP contribution < -0.4 is 14.2 Å². The van der Waals surface area contributed by atoms with Gasteiger partial charge < -0.3 is 14.4 Å². The van der Waals surface area contributed by atoms with E-state index in [0.717, 1.165) is 17.2 Å². The molecule has 0 aromatic heterocycles. The molecule has 1 heterocycles. The van der Waals surface area contributed by atoms with E-state index >= 15 is 0 Å². The number of nitrogens with one attached hydrogen (secondary N) is 1. The van der Waals surface area contributed by atoms with Gasteiger partial charge in [0.05, 0.1) is 0 Å². The number of nitrogens with zero attached hydrogens (tertiary/aromatic N) is 1. The third-order valence-corrected chi connectivity index (χ3v) is 7.21. The predicted octanol–water partition coefficient (Wildman–Crippen LogP) is 3.54. The van der Waals surface area contributed by atoms with Crippen molar-refractivity contribution < 1.29 is 27.1 Å². The molecule has 0 bridgehead atoms. The Kier molecular flexibility index (Phi) is 7.67. The molecule has 0 saturated heterocycles. The number of fused-ring (bicyclic) bond motifs is 1. The first-order valence-corrected chi connectivity index (χ1v) is 12.8. The first kappa shape index (κ1) is 24.7. The van der Waals surface area contributed by atoms with Gasteiger partial charge in [0, 0.05) is 18.7 Å². The van der Waals surface area contributed by atoms with Crippen molar-refractivity contribution in [2.45, 2.75) is 30.8 Å². The summed E-state index contributed by atoms with van der Waals surface area (Å²) in [6.45, 7) is 3.20. The Labute approximate surface area is 204 Å². The number of ether oxygens (including phenoxy) is 2. The number of hydrogen-bond donors (Lipinski definition) is 1. The van der Waals surface area contributed by atoms with Gasteiger partial charge in [-0.2, -0.15) is 4.72 Å². The zero-order chi connectivity index (χ0) is 24.8. The molecule has 7 nitrogen and oxygen atoms in total. The van der Waals surface area contributed by atoms with Crippen LogP contribution in [-0.4, -0.2) is 45.0 Å². The zero-order valence-corrected chi connectivity index (χ0v) is 20.1. The standard InChI is InChI=1S/C26H27FN2O5S/c1-2-29(18-20-11-8-13-23-25(20)34-16-15-33-23)26(30)22(17-19-9-4-3-5-10-19)28-35(31,32)24-14-7-6-12-21(24)27/h3-14,22,28H,2,15-18H2,1H3/t22-/m0/s1. The van der Waals surface area contributed by atoms with Crippen LogP contribution in [0, 0.1) is 5.82 Å². The molecule has 1 aliphatic rings. The Hall–Kier alpha value is -3.43. The molecule has 1 amide bonds. The van der Waals surface area contributed by atoms with E-state index in [2.05, 4.69) is 4.72 Å². The predicted molar refractivity (Wildman–Crippen MR) is 129 cm³/mol. The van der Waals surface area contributed by atoms with Crippen LogP contribution in [0.4, 0.5) is 4.39 Å². The maximum Gasteiger partial charge on any atom is 0.244 e. The van der Waals surface area contributed by atoms with E-state index in [1.165, 1.54) is 18.2 Å². The summed E-state index contributed by atoms with van der Waals surface area (Å²) in [5, 5.41) is 0. The summed E-state index contributed by atoms with van der Waals surface area (Å²) in [6.07, 6.45) is 0.108. The van der Waals surface area contributed by atoms with Gasteiger partial charge >= 0.3 is 0 Å². The van der Waals surface area contributed by atoms with Gasteiger partial charge in [-0.1, -0.05) is 54.6 Å². The van der Waals surface area contributed by atoms with Crippen LogP contribution in [0.25, 0.3) is 0 Å². The quantitative estimate of drug-likeness (QED) is 0.488. The molecule has 0 unspecified atom stereocenters. The molecule has 1 atom stereocenters. The molecule has 1 aliphatic heterocycles. The summed E-state index contributed by atoms with van der Waals surface area (Å²) in [4.78, 5) is 14.7. The van der Waals surface area contributed by atoms with Gasteiger partial charge in [-0.25, -0.2) is 12.8 Å². The van der Waals surface area contributed by atoms with Crippen molar-refractivity contribution in [3.63, 3.8) is 0 Å². The van der Waals surface area contributed by atoms with Crippen LogP contribution in [0.1, 0.15) is 18.1 Å². The van der Waals surface area contributed by atoms with Crippen LogP contribution in [-0.2, 0) is 27.8 Å². The highest BCUT2D eigenvalue weighted by molar-refractivity contribution is 7.89. The molecular formula is C26H27FN2O5S. The average molecular weight is 499 g/mol. The second kappa shape index (κ2) is 10.9. The van der Waals surface area contributed by atoms with Crippen LogP contribution in [0.3, 0.4) is 0 Å². The van der Waals surface area contributed by atoms with Crippen LogP contribution in [0.2, 0.25) is 0 Å². The largest absolute Gasteiger partial charge is 0.486 e. The first-order valence-electron chi connectivity index (χ1n) is 11.4. The fraction of sp³-hybridized carbons (Fsp3) is 0.269. The lowest BCUT2D eigenvalue weighted by Gasteiger charge is -2.29. The molecule has 0 fully saturated rings. The van der Waals surface area contributed by atoms with Crippen molar-refractivity contribution >= 4 is 15.9 Å². The number of carbonyl (C=O) groups excluding carboxylic acids is 1. The fourth-order valence-electron chi connectivity index (χ4n) is 3.97. The van der Waals surface area contributed by atoms with E-state index in [1.807, 2.05) is 49.4 Å².